The van der Waals surface area contributed by atoms with Crippen molar-refractivity contribution in [1.29, 1.82) is 0 Å². The van der Waals surface area contributed by atoms with Gasteiger partial charge in [0, 0.05) is 67.9 Å². The largest absolute Gasteiger partial charge is 0.444 e. The zero-order valence-electron chi connectivity index (χ0n) is 31.2. The number of piperidine rings is 1. The first-order valence-electron chi connectivity index (χ1n) is 18.6. The molecule has 1 saturated carbocycles. The number of aromatic nitrogens is 1. The van der Waals surface area contributed by atoms with Crippen LogP contribution in [0.15, 0.2) is 47.4 Å². The quantitative estimate of drug-likeness (QED) is 0.371. The van der Waals surface area contributed by atoms with Crippen molar-refractivity contribution >= 4 is 17.9 Å². The van der Waals surface area contributed by atoms with Crippen LogP contribution in [0.4, 0.5) is 4.79 Å². The van der Waals surface area contributed by atoms with Gasteiger partial charge in [-0.25, -0.2) is 4.79 Å². The summed E-state index contributed by atoms with van der Waals surface area (Å²) in [5.74, 6) is 0.448. The van der Waals surface area contributed by atoms with Crippen LogP contribution in [0.2, 0.25) is 0 Å². The number of nitrogens with zero attached hydrogens (tertiary/aromatic N) is 4. The Morgan fingerprint density at radius 3 is 2.30 bits per heavy atom. The highest BCUT2D eigenvalue weighted by atomic mass is 16.6. The number of benzene rings is 1. The van der Waals surface area contributed by atoms with Gasteiger partial charge in [0.1, 0.15) is 5.60 Å². The molecule has 5 rings (SSSR count). The molecule has 0 bridgehead atoms. The van der Waals surface area contributed by atoms with E-state index in [0.29, 0.717) is 56.2 Å². The van der Waals surface area contributed by atoms with Gasteiger partial charge in [-0.15, -0.1) is 0 Å². The summed E-state index contributed by atoms with van der Waals surface area (Å²) in [6.45, 7) is 15.1. The molecular formula is C40H58N4O6. The Kier molecular flexibility index (Phi) is 11.2. The van der Waals surface area contributed by atoms with E-state index >= 15 is 0 Å². The molecular weight excluding hydrogens is 632 g/mol. The first-order chi connectivity index (χ1) is 23.5. The van der Waals surface area contributed by atoms with Crippen molar-refractivity contribution in [2.45, 2.75) is 117 Å². The van der Waals surface area contributed by atoms with E-state index in [-0.39, 0.29) is 35.9 Å². The SMILES string of the molecule is CC(CC1CCCCC1)C(=O)N1CC[C@@](O)(Cn2cc(C(=O)N3CCN(C(=O)OC(C)(C)C)[C@H](C)C3)c(-c3ccccc3)cc2=O)C(C)(C)C1. The van der Waals surface area contributed by atoms with Gasteiger partial charge in [0.2, 0.25) is 5.91 Å². The number of carbonyl (C=O) groups is 3. The van der Waals surface area contributed by atoms with E-state index in [9.17, 15) is 24.3 Å². The second-order valence-corrected chi connectivity index (χ2v) is 16.8. The molecule has 1 unspecified atom stereocenters. The Hall–Kier alpha value is -3.66. The molecule has 2 saturated heterocycles. The Labute approximate surface area is 297 Å². The number of hydrogen-bond donors (Lipinski definition) is 1. The lowest BCUT2D eigenvalue weighted by atomic mass is 9.69. The van der Waals surface area contributed by atoms with Crippen molar-refractivity contribution in [2.24, 2.45) is 17.3 Å². The number of amides is 3. The fourth-order valence-corrected chi connectivity index (χ4v) is 8.09. The van der Waals surface area contributed by atoms with Gasteiger partial charge in [-0.3, -0.25) is 14.4 Å². The highest BCUT2D eigenvalue weighted by Crippen LogP contribution is 2.41. The lowest BCUT2D eigenvalue weighted by Gasteiger charge is -2.51. The van der Waals surface area contributed by atoms with E-state index in [1.54, 1.807) is 16.0 Å². The number of carbonyl (C=O) groups excluding carboxylic acids is 3. The molecule has 0 radical (unpaired) electrons. The van der Waals surface area contributed by atoms with Crippen LogP contribution in [0.5, 0.6) is 0 Å². The molecule has 1 aromatic carbocycles. The van der Waals surface area contributed by atoms with Crippen molar-refractivity contribution in [3.8, 4) is 11.1 Å². The molecule has 50 heavy (non-hydrogen) atoms. The Bertz CT molecular complexity index is 1590. The van der Waals surface area contributed by atoms with Crippen molar-refractivity contribution in [3.63, 3.8) is 0 Å². The monoisotopic (exact) mass is 690 g/mol. The van der Waals surface area contributed by atoms with Crippen LogP contribution in [0.1, 0.15) is 104 Å². The minimum absolute atomic E-state index is 0.00331. The first kappa shape index (κ1) is 37.6. The maximum atomic E-state index is 14.3. The standard InChI is InChI=1S/C40H58N4O6/c1-28(22-30-14-10-8-11-15-30)35(46)42-19-18-40(49,39(6,7)26-42)27-43-25-33(32(23-34(43)45)31-16-12-9-13-17-31)36(47)41-20-21-44(29(2)24-41)37(48)50-38(3,4)5/h9,12-13,16-17,23,25,28-30,49H,8,10-11,14-15,18-22,24,26-27H2,1-7H3/t28?,29-,40-/m1/s1. The average molecular weight is 691 g/mol. The van der Waals surface area contributed by atoms with Gasteiger partial charge in [-0.2, -0.15) is 0 Å². The minimum atomic E-state index is -1.29. The van der Waals surface area contributed by atoms with Crippen molar-refractivity contribution in [1.82, 2.24) is 19.3 Å². The number of rotatable bonds is 7. The van der Waals surface area contributed by atoms with Crippen molar-refractivity contribution in [2.75, 3.05) is 32.7 Å². The van der Waals surface area contributed by atoms with Gasteiger partial charge in [-0.05, 0) is 52.0 Å². The number of hydrogen-bond acceptors (Lipinski definition) is 6. The van der Waals surface area contributed by atoms with Gasteiger partial charge >= 0.3 is 6.09 Å². The van der Waals surface area contributed by atoms with Gasteiger partial charge in [-0.1, -0.05) is 83.2 Å². The van der Waals surface area contributed by atoms with Crippen molar-refractivity contribution in [3.05, 3.63) is 58.5 Å². The maximum Gasteiger partial charge on any atom is 0.410 e. The fraction of sp³-hybridized carbons (Fsp3) is 0.650. The van der Waals surface area contributed by atoms with E-state index in [1.165, 1.54) is 42.7 Å². The smallest absolute Gasteiger partial charge is 0.410 e. The summed E-state index contributed by atoms with van der Waals surface area (Å²) in [5.41, 5.74) is -1.30. The molecule has 10 nitrogen and oxygen atoms in total. The van der Waals surface area contributed by atoms with Crippen LogP contribution >= 0.6 is 0 Å². The molecule has 3 fully saturated rings. The topological polar surface area (TPSA) is 112 Å². The van der Waals surface area contributed by atoms with E-state index < -0.39 is 22.7 Å². The van der Waals surface area contributed by atoms with Gasteiger partial charge < -0.3 is 29.1 Å². The summed E-state index contributed by atoms with van der Waals surface area (Å²) in [4.78, 5) is 59.7. The third-order valence-electron chi connectivity index (χ3n) is 11.2. The summed E-state index contributed by atoms with van der Waals surface area (Å²) < 4.78 is 7.06. The van der Waals surface area contributed by atoms with Crippen LogP contribution < -0.4 is 5.56 Å². The van der Waals surface area contributed by atoms with Crippen molar-refractivity contribution < 1.29 is 24.2 Å². The molecule has 0 spiro atoms. The van der Waals surface area contributed by atoms with E-state index in [1.807, 2.05) is 83.7 Å². The summed E-state index contributed by atoms with van der Waals surface area (Å²) in [7, 11) is 0. The molecule has 3 atom stereocenters. The number of likely N-dealkylation sites (tertiary alicyclic amines) is 1. The highest BCUT2D eigenvalue weighted by molar-refractivity contribution is 6.00. The highest BCUT2D eigenvalue weighted by Gasteiger charge is 2.49. The molecule has 3 heterocycles. The van der Waals surface area contributed by atoms with Gasteiger partial charge in [0.15, 0.2) is 0 Å². The Balaban J connectivity index is 1.36. The van der Waals surface area contributed by atoms with Crippen LogP contribution in [0, 0.1) is 17.3 Å². The summed E-state index contributed by atoms with van der Waals surface area (Å²) in [5, 5.41) is 12.2. The molecule has 10 heteroatoms. The Morgan fingerprint density at radius 2 is 1.68 bits per heavy atom. The van der Waals surface area contributed by atoms with Gasteiger partial charge in [0.05, 0.1) is 17.7 Å². The molecule has 3 amide bonds. The second kappa shape index (κ2) is 14.9. The van der Waals surface area contributed by atoms with Gasteiger partial charge in [0.25, 0.3) is 11.5 Å². The lowest BCUT2D eigenvalue weighted by molar-refractivity contribution is -0.157. The van der Waals surface area contributed by atoms with E-state index in [4.69, 9.17) is 4.74 Å². The Morgan fingerprint density at radius 1 is 1.00 bits per heavy atom. The number of piperazine rings is 1. The fourth-order valence-electron chi connectivity index (χ4n) is 8.09. The molecule has 274 valence electrons. The lowest BCUT2D eigenvalue weighted by Crippen LogP contribution is -2.61. The molecule has 2 aromatic rings. The second-order valence-electron chi connectivity index (χ2n) is 16.8. The molecule has 2 aliphatic heterocycles. The number of ether oxygens (including phenoxy) is 1. The average Bonchev–Trinajstić information content (AvgIpc) is 3.06. The predicted octanol–water partition coefficient (Wildman–Crippen LogP) is 6.19. The normalized spacial score (nSPS) is 23.8. The van der Waals surface area contributed by atoms with Crippen LogP contribution in [-0.2, 0) is 16.1 Å². The van der Waals surface area contributed by atoms with Crippen LogP contribution in [0.25, 0.3) is 11.1 Å². The summed E-state index contributed by atoms with van der Waals surface area (Å²) >= 11 is 0. The summed E-state index contributed by atoms with van der Waals surface area (Å²) in [6.07, 6.45) is 8.61. The molecule has 1 N–H and O–H groups in total. The minimum Gasteiger partial charge on any atom is -0.444 e. The zero-order valence-corrected chi connectivity index (χ0v) is 31.2. The maximum absolute atomic E-state index is 14.3. The predicted molar refractivity (Wildman–Crippen MR) is 195 cm³/mol. The molecule has 3 aliphatic rings. The summed E-state index contributed by atoms with van der Waals surface area (Å²) in [6, 6.07) is 10.6. The molecule has 1 aliphatic carbocycles. The number of pyridine rings is 1. The van der Waals surface area contributed by atoms with Crippen LogP contribution in [0.3, 0.4) is 0 Å². The van der Waals surface area contributed by atoms with E-state index in [0.717, 1.165) is 12.0 Å². The van der Waals surface area contributed by atoms with E-state index in [2.05, 4.69) is 0 Å². The third kappa shape index (κ3) is 8.44. The molecule has 1 aromatic heterocycles. The zero-order chi connectivity index (χ0) is 36.4. The number of aliphatic hydroxyl groups is 1. The first-order valence-corrected chi connectivity index (χ1v) is 18.6. The third-order valence-corrected chi connectivity index (χ3v) is 11.2. The van der Waals surface area contributed by atoms with Crippen LogP contribution in [-0.4, -0.2) is 92.2 Å².